The van der Waals surface area contributed by atoms with E-state index < -0.39 is 0 Å². The Balaban J connectivity index is 2.71. The highest BCUT2D eigenvalue weighted by Gasteiger charge is 2.11. The standard InChI is InChI=1S/C14H19N/c1-4-9-14(15-12(3)5-2)13-10-7-6-8-11-13/h2,6-8,10-12,14-15H,4,9H2,1,3H3. The fourth-order valence-corrected chi connectivity index (χ4v) is 1.67. The average molecular weight is 201 g/mol. The molecule has 0 aliphatic carbocycles. The van der Waals surface area contributed by atoms with Crippen LogP contribution < -0.4 is 5.32 Å². The van der Waals surface area contributed by atoms with Gasteiger partial charge >= 0.3 is 0 Å². The summed E-state index contributed by atoms with van der Waals surface area (Å²) in [5, 5.41) is 3.45. The summed E-state index contributed by atoms with van der Waals surface area (Å²) in [6, 6.07) is 11.0. The molecule has 0 aromatic heterocycles. The summed E-state index contributed by atoms with van der Waals surface area (Å²) in [6.07, 6.45) is 7.66. The second-order valence-electron chi connectivity index (χ2n) is 3.81. The van der Waals surface area contributed by atoms with Crippen LogP contribution >= 0.6 is 0 Å². The van der Waals surface area contributed by atoms with Crippen molar-refractivity contribution in [1.82, 2.24) is 5.32 Å². The number of rotatable bonds is 5. The Morgan fingerprint density at radius 2 is 2.00 bits per heavy atom. The van der Waals surface area contributed by atoms with Crippen LogP contribution in [-0.4, -0.2) is 6.04 Å². The van der Waals surface area contributed by atoms with E-state index in [9.17, 15) is 0 Å². The summed E-state index contributed by atoms with van der Waals surface area (Å²) in [5.41, 5.74) is 1.32. The molecule has 0 saturated heterocycles. The molecule has 1 aromatic carbocycles. The van der Waals surface area contributed by atoms with Gasteiger partial charge in [0.2, 0.25) is 0 Å². The van der Waals surface area contributed by atoms with Gasteiger partial charge in [-0.3, -0.25) is 5.32 Å². The molecular weight excluding hydrogens is 182 g/mol. The molecular formula is C14H19N. The maximum Gasteiger partial charge on any atom is 0.0663 e. The second kappa shape index (κ2) is 6.27. The lowest BCUT2D eigenvalue weighted by Gasteiger charge is -2.20. The minimum absolute atomic E-state index is 0.127. The van der Waals surface area contributed by atoms with Gasteiger partial charge in [0.05, 0.1) is 6.04 Å². The molecule has 1 N–H and O–H groups in total. The Bertz CT molecular complexity index is 310. The molecule has 2 atom stereocenters. The van der Waals surface area contributed by atoms with E-state index in [1.165, 1.54) is 5.56 Å². The van der Waals surface area contributed by atoms with Crippen LogP contribution in [0.15, 0.2) is 30.3 Å². The minimum atomic E-state index is 0.127. The van der Waals surface area contributed by atoms with E-state index in [1.54, 1.807) is 0 Å². The van der Waals surface area contributed by atoms with Crippen molar-refractivity contribution in [2.24, 2.45) is 0 Å². The Morgan fingerprint density at radius 1 is 1.33 bits per heavy atom. The van der Waals surface area contributed by atoms with Crippen LogP contribution in [0.4, 0.5) is 0 Å². The zero-order valence-electron chi connectivity index (χ0n) is 9.53. The topological polar surface area (TPSA) is 12.0 Å². The maximum atomic E-state index is 5.38. The molecule has 1 aromatic rings. The summed E-state index contributed by atoms with van der Waals surface area (Å²) in [7, 11) is 0. The molecule has 0 aliphatic rings. The van der Waals surface area contributed by atoms with Gasteiger partial charge in [0, 0.05) is 6.04 Å². The lowest BCUT2D eigenvalue weighted by atomic mass is 10.0. The summed E-state index contributed by atoms with van der Waals surface area (Å²) in [6.45, 7) is 4.21. The highest BCUT2D eigenvalue weighted by molar-refractivity contribution is 5.19. The SMILES string of the molecule is C#CC(C)NC(CCC)c1ccccc1. The molecule has 0 aliphatic heterocycles. The van der Waals surface area contributed by atoms with E-state index in [4.69, 9.17) is 6.42 Å². The average Bonchev–Trinajstić information content (AvgIpc) is 2.29. The molecule has 1 rings (SSSR count). The number of benzene rings is 1. The van der Waals surface area contributed by atoms with Gasteiger partial charge in [0.1, 0.15) is 0 Å². The van der Waals surface area contributed by atoms with Crippen molar-refractivity contribution in [1.29, 1.82) is 0 Å². The summed E-state index contributed by atoms with van der Waals surface area (Å²) in [5.74, 6) is 2.71. The summed E-state index contributed by atoms with van der Waals surface area (Å²) < 4.78 is 0. The first-order valence-corrected chi connectivity index (χ1v) is 5.55. The Labute approximate surface area is 92.9 Å². The van der Waals surface area contributed by atoms with E-state index >= 15 is 0 Å². The van der Waals surface area contributed by atoms with E-state index in [1.807, 2.05) is 13.0 Å². The molecule has 0 bridgehead atoms. The molecule has 15 heavy (non-hydrogen) atoms. The number of hydrogen-bond donors (Lipinski definition) is 1. The van der Waals surface area contributed by atoms with Gasteiger partial charge < -0.3 is 0 Å². The largest absolute Gasteiger partial charge is 0.297 e. The summed E-state index contributed by atoms with van der Waals surface area (Å²) in [4.78, 5) is 0. The molecule has 80 valence electrons. The third-order valence-corrected chi connectivity index (χ3v) is 2.48. The van der Waals surface area contributed by atoms with Gasteiger partial charge in [-0.2, -0.15) is 0 Å². The van der Waals surface area contributed by atoms with Crippen LogP contribution in [0.1, 0.15) is 38.3 Å². The first kappa shape index (κ1) is 11.8. The number of hydrogen-bond acceptors (Lipinski definition) is 1. The van der Waals surface area contributed by atoms with Crippen molar-refractivity contribution in [3.05, 3.63) is 35.9 Å². The molecule has 0 fully saturated rings. The van der Waals surface area contributed by atoms with E-state index in [0.29, 0.717) is 6.04 Å². The molecule has 0 amide bonds. The van der Waals surface area contributed by atoms with Gasteiger partial charge in [-0.1, -0.05) is 49.6 Å². The molecule has 2 unspecified atom stereocenters. The highest BCUT2D eigenvalue weighted by Crippen LogP contribution is 2.18. The minimum Gasteiger partial charge on any atom is -0.297 e. The van der Waals surface area contributed by atoms with Crippen LogP contribution in [0.3, 0.4) is 0 Å². The third-order valence-electron chi connectivity index (χ3n) is 2.48. The highest BCUT2D eigenvalue weighted by atomic mass is 14.9. The molecule has 0 spiro atoms. The first-order valence-electron chi connectivity index (χ1n) is 5.55. The van der Waals surface area contributed by atoms with Crippen molar-refractivity contribution >= 4 is 0 Å². The lowest BCUT2D eigenvalue weighted by molar-refractivity contribution is 0.475. The van der Waals surface area contributed by atoms with Crippen molar-refractivity contribution in [3.63, 3.8) is 0 Å². The predicted octanol–water partition coefficient (Wildman–Crippen LogP) is 3.14. The Hall–Kier alpha value is -1.26. The van der Waals surface area contributed by atoms with Crippen molar-refractivity contribution in [2.75, 3.05) is 0 Å². The fourth-order valence-electron chi connectivity index (χ4n) is 1.67. The lowest BCUT2D eigenvalue weighted by Crippen LogP contribution is -2.29. The van der Waals surface area contributed by atoms with Gasteiger partial charge in [0.25, 0.3) is 0 Å². The van der Waals surface area contributed by atoms with Crippen molar-refractivity contribution < 1.29 is 0 Å². The zero-order chi connectivity index (χ0) is 11.1. The zero-order valence-corrected chi connectivity index (χ0v) is 9.53. The first-order chi connectivity index (χ1) is 7.27. The molecule has 1 heteroatoms. The van der Waals surface area contributed by atoms with Gasteiger partial charge in [-0.15, -0.1) is 6.42 Å². The van der Waals surface area contributed by atoms with E-state index in [2.05, 4.69) is 42.4 Å². The van der Waals surface area contributed by atoms with Crippen LogP contribution in [0.2, 0.25) is 0 Å². The molecule has 0 heterocycles. The molecule has 0 radical (unpaired) electrons. The molecule has 1 nitrogen and oxygen atoms in total. The van der Waals surface area contributed by atoms with Crippen LogP contribution in [-0.2, 0) is 0 Å². The predicted molar refractivity (Wildman–Crippen MR) is 65.5 cm³/mol. The maximum absolute atomic E-state index is 5.38. The molecule has 0 saturated carbocycles. The van der Waals surface area contributed by atoms with Crippen LogP contribution in [0, 0.1) is 12.3 Å². The van der Waals surface area contributed by atoms with Crippen molar-refractivity contribution in [3.8, 4) is 12.3 Å². The van der Waals surface area contributed by atoms with E-state index in [0.717, 1.165) is 12.8 Å². The van der Waals surface area contributed by atoms with Gasteiger partial charge in [-0.25, -0.2) is 0 Å². The van der Waals surface area contributed by atoms with Gasteiger partial charge in [-0.05, 0) is 18.9 Å². The van der Waals surface area contributed by atoms with E-state index in [-0.39, 0.29) is 6.04 Å². The number of nitrogens with one attached hydrogen (secondary N) is 1. The number of terminal acetylenes is 1. The van der Waals surface area contributed by atoms with Crippen LogP contribution in [0.25, 0.3) is 0 Å². The fraction of sp³-hybridized carbons (Fsp3) is 0.429. The smallest absolute Gasteiger partial charge is 0.0663 e. The normalized spacial score (nSPS) is 14.2. The Morgan fingerprint density at radius 3 is 2.53 bits per heavy atom. The monoisotopic (exact) mass is 201 g/mol. The quantitative estimate of drug-likeness (QED) is 0.722. The van der Waals surface area contributed by atoms with Gasteiger partial charge in [0.15, 0.2) is 0 Å². The second-order valence-corrected chi connectivity index (χ2v) is 3.81. The van der Waals surface area contributed by atoms with Crippen molar-refractivity contribution in [2.45, 2.75) is 38.8 Å². The third kappa shape index (κ3) is 3.77. The summed E-state index contributed by atoms with van der Waals surface area (Å²) >= 11 is 0. The van der Waals surface area contributed by atoms with Crippen LogP contribution in [0.5, 0.6) is 0 Å². The Kier molecular flexibility index (Phi) is 4.93.